The molecule has 1 aromatic heterocycles. The van der Waals surface area contributed by atoms with E-state index in [2.05, 4.69) is 25.8 Å². The summed E-state index contributed by atoms with van der Waals surface area (Å²) in [6, 6.07) is 3.20. The summed E-state index contributed by atoms with van der Waals surface area (Å²) in [7, 11) is -3.82. The fourth-order valence-corrected chi connectivity index (χ4v) is 4.85. The molecule has 1 aromatic carbocycles. The van der Waals surface area contributed by atoms with E-state index in [9.17, 15) is 13.2 Å². The van der Waals surface area contributed by atoms with E-state index in [-0.39, 0.29) is 23.9 Å². The third-order valence-electron chi connectivity index (χ3n) is 4.96. The number of carboxylic acid groups (broad SMARTS) is 1. The van der Waals surface area contributed by atoms with Crippen LogP contribution in [0.5, 0.6) is 0 Å². The molecule has 0 amide bonds. The van der Waals surface area contributed by atoms with Crippen LogP contribution in [0.15, 0.2) is 21.6 Å². The Labute approximate surface area is 175 Å². The van der Waals surface area contributed by atoms with E-state index in [1.165, 1.54) is 0 Å². The van der Waals surface area contributed by atoms with Crippen LogP contribution in [0.3, 0.4) is 0 Å². The molecule has 30 heavy (non-hydrogen) atoms. The van der Waals surface area contributed by atoms with Crippen molar-refractivity contribution in [3.63, 3.8) is 0 Å². The molecule has 2 heterocycles. The third-order valence-corrected chi connectivity index (χ3v) is 6.57. The zero-order chi connectivity index (χ0) is 22.1. The molecule has 0 saturated carbocycles. The molecule has 0 radical (unpaired) electrons. The molecule has 2 atom stereocenters. The van der Waals surface area contributed by atoms with Gasteiger partial charge in [-0.05, 0) is 44.9 Å². The number of aliphatic carboxylic acids is 1. The average molecular weight is 438 g/mol. The molecule has 0 saturated heterocycles. The van der Waals surface area contributed by atoms with E-state index in [1.54, 1.807) is 26.8 Å². The number of rotatable bonds is 9. The number of hydrogen-bond acceptors (Lipinski definition) is 8. The van der Waals surface area contributed by atoms with Crippen molar-refractivity contribution in [2.24, 2.45) is 0 Å². The van der Waals surface area contributed by atoms with Crippen molar-refractivity contribution in [1.29, 1.82) is 0 Å². The molecule has 0 fully saturated rings. The highest BCUT2D eigenvalue weighted by Gasteiger charge is 2.30. The van der Waals surface area contributed by atoms with E-state index in [1.807, 2.05) is 13.0 Å². The molecule has 11 heteroatoms. The number of benzene rings is 1. The number of sulfonamides is 1. The highest BCUT2D eigenvalue weighted by molar-refractivity contribution is 7.89. The molecule has 164 valence electrons. The Bertz CT molecular complexity index is 1030. The predicted molar refractivity (Wildman–Crippen MR) is 113 cm³/mol. The van der Waals surface area contributed by atoms with Crippen molar-refractivity contribution in [2.45, 2.75) is 57.8 Å². The van der Waals surface area contributed by atoms with Gasteiger partial charge in [0, 0.05) is 18.2 Å². The normalized spacial score (nSPS) is 16.6. The first-order valence-electron chi connectivity index (χ1n) is 9.74. The number of fused-ring (bicyclic) bond motifs is 1. The number of anilines is 2. The van der Waals surface area contributed by atoms with Gasteiger partial charge in [0.25, 0.3) is 0 Å². The van der Waals surface area contributed by atoms with E-state index in [0.29, 0.717) is 34.8 Å². The van der Waals surface area contributed by atoms with Crippen molar-refractivity contribution in [2.75, 3.05) is 17.2 Å². The Morgan fingerprint density at radius 1 is 1.33 bits per heavy atom. The van der Waals surface area contributed by atoms with E-state index >= 15 is 0 Å². The summed E-state index contributed by atoms with van der Waals surface area (Å²) in [5.74, 6) is -0.326. The maximum Gasteiger partial charge on any atom is 0.304 e. The molecule has 5 N–H and O–H groups in total. The highest BCUT2D eigenvalue weighted by Crippen LogP contribution is 2.40. The van der Waals surface area contributed by atoms with Gasteiger partial charge in [-0.2, -0.15) is 0 Å². The van der Waals surface area contributed by atoms with Crippen LogP contribution >= 0.6 is 0 Å². The van der Waals surface area contributed by atoms with E-state index < -0.39 is 22.3 Å². The van der Waals surface area contributed by atoms with Gasteiger partial charge in [0.2, 0.25) is 10.0 Å². The number of nitrogens with zero attached hydrogens (tertiary/aromatic N) is 1. The van der Waals surface area contributed by atoms with Crippen LogP contribution in [-0.4, -0.2) is 43.5 Å². The zero-order valence-corrected chi connectivity index (χ0v) is 18.2. The second-order valence-corrected chi connectivity index (χ2v) is 9.03. The maximum atomic E-state index is 13.1. The summed E-state index contributed by atoms with van der Waals surface area (Å²) >= 11 is 0. The maximum absolute atomic E-state index is 13.1. The van der Waals surface area contributed by atoms with Gasteiger partial charge in [-0.1, -0.05) is 12.1 Å². The minimum Gasteiger partial charge on any atom is -0.481 e. The van der Waals surface area contributed by atoms with E-state index in [0.717, 1.165) is 5.56 Å². The molecule has 1 aliphatic rings. The molecule has 3 rings (SSSR count). The first-order valence-corrected chi connectivity index (χ1v) is 11.2. The minimum absolute atomic E-state index is 0.0543. The first-order chi connectivity index (χ1) is 14.1. The van der Waals surface area contributed by atoms with Gasteiger partial charge in [0.05, 0.1) is 23.5 Å². The molecule has 2 aromatic rings. The van der Waals surface area contributed by atoms with Gasteiger partial charge in [0.15, 0.2) is 6.29 Å². The van der Waals surface area contributed by atoms with E-state index in [4.69, 9.17) is 9.63 Å². The quantitative estimate of drug-likeness (QED) is 0.398. The Morgan fingerprint density at radius 2 is 2.07 bits per heavy atom. The Hall–Kier alpha value is -2.63. The summed E-state index contributed by atoms with van der Waals surface area (Å²) in [5, 5.41) is 22.1. The lowest BCUT2D eigenvalue weighted by atomic mass is 10.0. The van der Waals surface area contributed by atoms with Crippen molar-refractivity contribution < 1.29 is 22.8 Å². The fraction of sp³-hybridized carbons (Fsp3) is 0.474. The van der Waals surface area contributed by atoms with Gasteiger partial charge < -0.3 is 20.3 Å². The van der Waals surface area contributed by atoms with Crippen LogP contribution in [0, 0.1) is 13.8 Å². The smallest absolute Gasteiger partial charge is 0.304 e. The number of aryl methyl sites for hydroxylation is 2. The monoisotopic (exact) mass is 437 g/mol. The molecule has 0 bridgehead atoms. The van der Waals surface area contributed by atoms with Gasteiger partial charge in [-0.3, -0.25) is 10.1 Å². The number of aromatic nitrogens is 1. The van der Waals surface area contributed by atoms with Crippen LogP contribution in [0.2, 0.25) is 0 Å². The molecule has 2 unspecified atom stereocenters. The number of hydrogen-bond donors (Lipinski definition) is 5. The number of carboxylic acids is 1. The van der Waals surface area contributed by atoms with Crippen molar-refractivity contribution in [1.82, 2.24) is 15.2 Å². The van der Waals surface area contributed by atoms with Gasteiger partial charge >= 0.3 is 5.97 Å². The Kier molecular flexibility index (Phi) is 6.34. The lowest BCUT2D eigenvalue weighted by molar-refractivity contribution is -0.136. The summed E-state index contributed by atoms with van der Waals surface area (Å²) < 4.78 is 34.2. The minimum atomic E-state index is -3.82. The standard InChI is InChI=1S/C19H27N5O5S/c1-5-10(2)24-30(27,28)15-9-13(17-11(3)23-29-12(17)4)8-14-18(15)22-19(21-14)20-7-6-16(25)26/h8-10,19-22,24H,5-7H2,1-4H3,(H,25,26). The summed E-state index contributed by atoms with van der Waals surface area (Å²) in [5.41, 5.74) is 3.07. The first kappa shape index (κ1) is 22.1. The molecule has 1 aliphatic heterocycles. The van der Waals surface area contributed by atoms with Gasteiger partial charge in [0.1, 0.15) is 10.7 Å². The highest BCUT2D eigenvalue weighted by atomic mass is 32.2. The van der Waals surface area contributed by atoms with Crippen molar-refractivity contribution in [3.8, 4) is 11.1 Å². The Balaban J connectivity index is 2.02. The van der Waals surface area contributed by atoms with Crippen molar-refractivity contribution >= 4 is 27.4 Å². The third kappa shape index (κ3) is 4.58. The fourth-order valence-electron chi connectivity index (χ4n) is 3.30. The molecule has 10 nitrogen and oxygen atoms in total. The summed E-state index contributed by atoms with van der Waals surface area (Å²) in [6.45, 7) is 7.50. The van der Waals surface area contributed by atoms with Crippen molar-refractivity contribution in [3.05, 3.63) is 23.6 Å². The lowest BCUT2D eigenvalue weighted by Crippen LogP contribution is -2.40. The number of nitrogens with one attached hydrogen (secondary N) is 4. The molecular weight excluding hydrogens is 410 g/mol. The summed E-state index contributed by atoms with van der Waals surface area (Å²) in [6.07, 6.45) is 0.0916. The summed E-state index contributed by atoms with van der Waals surface area (Å²) in [4.78, 5) is 10.9. The van der Waals surface area contributed by atoms with Crippen LogP contribution in [0.25, 0.3) is 11.1 Å². The second-order valence-electron chi connectivity index (χ2n) is 7.35. The number of carbonyl (C=O) groups is 1. The Morgan fingerprint density at radius 3 is 2.67 bits per heavy atom. The second kappa shape index (κ2) is 8.62. The SMILES string of the molecule is CCC(C)NS(=O)(=O)c1cc(-c2c(C)noc2C)cc2c1NC(NCCC(=O)O)N2. The molecule has 0 aliphatic carbocycles. The van der Waals surface area contributed by atoms with Crippen LogP contribution in [0.4, 0.5) is 11.4 Å². The average Bonchev–Trinajstić information content (AvgIpc) is 3.22. The predicted octanol–water partition coefficient (Wildman–Crippen LogP) is 2.22. The van der Waals surface area contributed by atoms with Gasteiger partial charge in [-0.15, -0.1) is 0 Å². The lowest BCUT2D eigenvalue weighted by Gasteiger charge is -2.16. The molecular formula is C19H27N5O5S. The topological polar surface area (TPSA) is 146 Å². The van der Waals surface area contributed by atoms with Crippen LogP contribution in [-0.2, 0) is 14.8 Å². The van der Waals surface area contributed by atoms with Crippen LogP contribution < -0.4 is 20.7 Å². The van der Waals surface area contributed by atoms with Gasteiger partial charge in [-0.25, -0.2) is 13.1 Å². The molecule has 0 spiro atoms. The largest absolute Gasteiger partial charge is 0.481 e. The van der Waals surface area contributed by atoms with Crippen LogP contribution in [0.1, 0.15) is 38.1 Å². The zero-order valence-electron chi connectivity index (χ0n) is 17.4.